The smallest absolute Gasteiger partial charge is 0.238 e. The molecule has 0 unspecified atom stereocenters. The number of benzene rings is 1. The maximum Gasteiger partial charge on any atom is 0.238 e. The highest BCUT2D eigenvalue weighted by atomic mass is 16.2. The first kappa shape index (κ1) is 13.1. The molecule has 19 heavy (non-hydrogen) atoms. The molecule has 98 valence electrons. The van der Waals surface area contributed by atoms with Crippen molar-refractivity contribution in [2.45, 2.75) is 26.2 Å². The van der Waals surface area contributed by atoms with E-state index in [0.29, 0.717) is 25.1 Å². The summed E-state index contributed by atoms with van der Waals surface area (Å²) < 4.78 is 0. The number of amides is 2. The van der Waals surface area contributed by atoms with E-state index in [-0.39, 0.29) is 18.2 Å². The molecule has 1 heterocycles. The van der Waals surface area contributed by atoms with Crippen molar-refractivity contribution in [2.24, 2.45) is 0 Å². The van der Waals surface area contributed by atoms with Gasteiger partial charge in [0, 0.05) is 24.3 Å². The molecule has 0 spiro atoms. The molecule has 0 radical (unpaired) electrons. The van der Waals surface area contributed by atoms with Gasteiger partial charge in [0.25, 0.3) is 0 Å². The van der Waals surface area contributed by atoms with Gasteiger partial charge in [-0.2, -0.15) is 5.26 Å². The Morgan fingerprint density at radius 3 is 2.95 bits per heavy atom. The van der Waals surface area contributed by atoms with E-state index in [9.17, 15) is 9.59 Å². The number of nitrogens with one attached hydrogen (secondary N) is 1. The van der Waals surface area contributed by atoms with Crippen LogP contribution in [0, 0.1) is 11.3 Å². The predicted molar refractivity (Wildman–Crippen MR) is 71.6 cm³/mol. The number of hydrogen-bond donors (Lipinski definition) is 1. The predicted octanol–water partition coefficient (Wildman–Crippen LogP) is 1.84. The number of anilines is 2. The zero-order valence-corrected chi connectivity index (χ0v) is 10.8. The van der Waals surface area contributed by atoms with Gasteiger partial charge in [-0.15, -0.1) is 0 Å². The summed E-state index contributed by atoms with van der Waals surface area (Å²) in [6, 6.07) is 7.29. The van der Waals surface area contributed by atoms with Crippen LogP contribution in [0.25, 0.3) is 0 Å². The largest absolute Gasteiger partial charge is 0.325 e. The number of fused-ring (bicyclic) bond motifs is 1. The van der Waals surface area contributed by atoms with Crippen LogP contribution in [0.3, 0.4) is 0 Å². The van der Waals surface area contributed by atoms with Gasteiger partial charge in [-0.3, -0.25) is 9.59 Å². The Morgan fingerprint density at radius 1 is 1.47 bits per heavy atom. The molecule has 5 heteroatoms. The topological polar surface area (TPSA) is 73.2 Å². The van der Waals surface area contributed by atoms with E-state index in [1.54, 1.807) is 11.0 Å². The quantitative estimate of drug-likeness (QED) is 0.897. The van der Waals surface area contributed by atoms with Crippen molar-refractivity contribution in [3.8, 4) is 6.07 Å². The lowest BCUT2D eigenvalue weighted by Crippen LogP contribution is -2.34. The summed E-state index contributed by atoms with van der Waals surface area (Å²) in [6.45, 7) is 2.58. The molecule has 2 amide bonds. The molecule has 1 aromatic carbocycles. The Hall–Kier alpha value is -2.35. The highest BCUT2D eigenvalue weighted by molar-refractivity contribution is 5.97. The molecule has 1 aliphatic heterocycles. The van der Waals surface area contributed by atoms with Gasteiger partial charge in [0.15, 0.2) is 0 Å². The molecule has 0 aliphatic carbocycles. The highest BCUT2D eigenvalue weighted by Gasteiger charge is 2.22. The first-order valence-electron chi connectivity index (χ1n) is 6.25. The maximum absolute atomic E-state index is 11.8. The second kappa shape index (κ2) is 5.53. The molecule has 0 saturated carbocycles. The Morgan fingerprint density at radius 2 is 2.26 bits per heavy atom. The molecule has 0 atom stereocenters. The molecule has 0 fully saturated rings. The average Bonchev–Trinajstić information content (AvgIpc) is 2.39. The SMILES string of the molecule is CCN1C(=O)CCc2cc(NC(=O)CC#N)ccc21. The lowest BCUT2D eigenvalue weighted by Gasteiger charge is -2.28. The molecule has 2 rings (SSSR count). The van der Waals surface area contributed by atoms with Crippen LogP contribution < -0.4 is 10.2 Å². The Balaban J connectivity index is 2.23. The van der Waals surface area contributed by atoms with Crippen LogP contribution in [0.1, 0.15) is 25.3 Å². The van der Waals surface area contributed by atoms with Gasteiger partial charge in [0.2, 0.25) is 11.8 Å². The summed E-state index contributed by atoms with van der Waals surface area (Å²) in [6.07, 6.45) is 1.03. The Bertz CT molecular complexity index is 560. The molecule has 1 aliphatic rings. The molecule has 0 saturated heterocycles. The summed E-state index contributed by atoms with van der Waals surface area (Å²) in [7, 11) is 0. The second-order valence-electron chi connectivity index (χ2n) is 4.36. The number of rotatable bonds is 3. The van der Waals surface area contributed by atoms with E-state index in [4.69, 9.17) is 5.26 Å². The normalized spacial score (nSPS) is 13.7. The summed E-state index contributed by atoms with van der Waals surface area (Å²) in [4.78, 5) is 24.9. The lowest BCUT2D eigenvalue weighted by molar-refractivity contribution is -0.119. The van der Waals surface area contributed by atoms with Crippen molar-refractivity contribution in [3.05, 3.63) is 23.8 Å². The van der Waals surface area contributed by atoms with Gasteiger partial charge in [-0.05, 0) is 37.1 Å². The van der Waals surface area contributed by atoms with Crippen LogP contribution in [0.5, 0.6) is 0 Å². The van der Waals surface area contributed by atoms with Gasteiger partial charge >= 0.3 is 0 Å². The van der Waals surface area contributed by atoms with Gasteiger partial charge in [-0.25, -0.2) is 0 Å². The highest BCUT2D eigenvalue weighted by Crippen LogP contribution is 2.30. The van der Waals surface area contributed by atoms with Crippen LogP contribution in [-0.4, -0.2) is 18.4 Å². The van der Waals surface area contributed by atoms with E-state index < -0.39 is 0 Å². The number of nitrogens with zero attached hydrogens (tertiary/aromatic N) is 2. The van der Waals surface area contributed by atoms with Crippen molar-refractivity contribution in [2.75, 3.05) is 16.8 Å². The fourth-order valence-corrected chi connectivity index (χ4v) is 2.26. The van der Waals surface area contributed by atoms with E-state index in [0.717, 1.165) is 11.3 Å². The number of aryl methyl sites for hydroxylation is 1. The molecular weight excluding hydrogens is 242 g/mol. The van der Waals surface area contributed by atoms with Crippen LogP contribution in [-0.2, 0) is 16.0 Å². The van der Waals surface area contributed by atoms with Gasteiger partial charge in [-0.1, -0.05) is 0 Å². The fraction of sp³-hybridized carbons (Fsp3) is 0.357. The van der Waals surface area contributed by atoms with Crippen molar-refractivity contribution in [3.63, 3.8) is 0 Å². The first-order valence-corrected chi connectivity index (χ1v) is 6.25. The number of carbonyl (C=O) groups is 2. The number of nitriles is 1. The third-order valence-corrected chi connectivity index (χ3v) is 3.12. The number of carbonyl (C=O) groups excluding carboxylic acids is 2. The zero-order chi connectivity index (χ0) is 13.8. The molecule has 1 aromatic rings. The van der Waals surface area contributed by atoms with Gasteiger partial charge < -0.3 is 10.2 Å². The molecule has 0 bridgehead atoms. The van der Waals surface area contributed by atoms with Crippen LogP contribution in [0.15, 0.2) is 18.2 Å². The maximum atomic E-state index is 11.8. The summed E-state index contributed by atoms with van der Waals surface area (Å²) >= 11 is 0. The molecule has 1 N–H and O–H groups in total. The lowest BCUT2D eigenvalue weighted by atomic mass is 10.0. The number of hydrogen-bond acceptors (Lipinski definition) is 3. The second-order valence-corrected chi connectivity index (χ2v) is 4.36. The van der Waals surface area contributed by atoms with E-state index in [1.165, 1.54) is 0 Å². The summed E-state index contributed by atoms with van der Waals surface area (Å²) in [5.41, 5.74) is 2.64. The zero-order valence-electron chi connectivity index (χ0n) is 10.8. The third kappa shape index (κ3) is 2.74. The molecular formula is C14H15N3O2. The van der Waals surface area contributed by atoms with Crippen molar-refractivity contribution in [1.82, 2.24) is 0 Å². The van der Waals surface area contributed by atoms with E-state index in [2.05, 4.69) is 5.32 Å². The van der Waals surface area contributed by atoms with Crippen molar-refractivity contribution >= 4 is 23.2 Å². The minimum atomic E-state index is -0.318. The third-order valence-electron chi connectivity index (χ3n) is 3.12. The van der Waals surface area contributed by atoms with Crippen molar-refractivity contribution < 1.29 is 9.59 Å². The van der Waals surface area contributed by atoms with Crippen molar-refractivity contribution in [1.29, 1.82) is 5.26 Å². The van der Waals surface area contributed by atoms with Gasteiger partial charge in [0.1, 0.15) is 6.42 Å². The molecule has 5 nitrogen and oxygen atoms in total. The summed E-state index contributed by atoms with van der Waals surface area (Å²) in [5.74, 6) is -0.182. The monoisotopic (exact) mass is 257 g/mol. The van der Waals surface area contributed by atoms with Crippen LogP contribution in [0.2, 0.25) is 0 Å². The Labute approximate surface area is 111 Å². The standard InChI is InChI=1S/C14H15N3O2/c1-2-17-12-5-4-11(16-13(18)7-8-15)9-10(12)3-6-14(17)19/h4-5,9H,2-3,6-7H2,1H3,(H,16,18). The van der Waals surface area contributed by atoms with E-state index in [1.807, 2.05) is 25.1 Å². The Kier molecular flexibility index (Phi) is 3.81. The van der Waals surface area contributed by atoms with Crippen LogP contribution >= 0.6 is 0 Å². The van der Waals surface area contributed by atoms with E-state index >= 15 is 0 Å². The van der Waals surface area contributed by atoms with Crippen LogP contribution in [0.4, 0.5) is 11.4 Å². The van der Waals surface area contributed by atoms with Gasteiger partial charge in [0.05, 0.1) is 6.07 Å². The summed E-state index contributed by atoms with van der Waals surface area (Å²) in [5, 5.41) is 11.1. The minimum absolute atomic E-state index is 0.135. The average molecular weight is 257 g/mol. The minimum Gasteiger partial charge on any atom is -0.325 e. The fourth-order valence-electron chi connectivity index (χ4n) is 2.26. The molecule has 0 aromatic heterocycles. The first-order chi connectivity index (χ1) is 9.15.